The molecule has 0 saturated carbocycles. The first kappa shape index (κ1) is 10.5. The molecule has 0 radical (unpaired) electrons. The summed E-state index contributed by atoms with van der Waals surface area (Å²) >= 11 is 11.6. The van der Waals surface area contributed by atoms with Gasteiger partial charge in [-0.1, -0.05) is 30.1 Å². The van der Waals surface area contributed by atoms with E-state index in [1.54, 1.807) is 0 Å². The number of hydrogen-bond donors (Lipinski definition) is 4. The molecule has 6 heteroatoms. The quantitative estimate of drug-likeness (QED) is 0.396. The topological polar surface area (TPSA) is 48.1 Å². The molecule has 2 unspecified atom stereocenters. The van der Waals surface area contributed by atoms with Crippen LogP contribution in [0.2, 0.25) is 0 Å². The van der Waals surface area contributed by atoms with Gasteiger partial charge in [-0.3, -0.25) is 21.3 Å². The van der Waals surface area contributed by atoms with Crippen molar-refractivity contribution in [1.82, 2.24) is 21.3 Å². The fraction of sp³-hybridized carbons (Fsp3) is 1.00. The zero-order valence-electron chi connectivity index (χ0n) is 6.90. The lowest BCUT2D eigenvalue weighted by Crippen LogP contribution is -2.68. The number of nitrogens with one attached hydrogen (secondary N) is 4. The van der Waals surface area contributed by atoms with Gasteiger partial charge in [0.05, 0.1) is 0 Å². The smallest absolute Gasteiger partial charge is 0.139 e. The van der Waals surface area contributed by atoms with Crippen LogP contribution in [0.15, 0.2) is 0 Å². The predicted molar refractivity (Wildman–Crippen MR) is 50.8 cm³/mol. The molecule has 1 aliphatic rings. The summed E-state index contributed by atoms with van der Waals surface area (Å²) in [7, 11) is 0. The molecule has 1 saturated heterocycles. The van der Waals surface area contributed by atoms with Gasteiger partial charge in [0.1, 0.15) is 17.5 Å². The number of halogens is 2. The summed E-state index contributed by atoms with van der Waals surface area (Å²) in [6.45, 7) is 3.03. The van der Waals surface area contributed by atoms with E-state index < -0.39 is 0 Å². The van der Waals surface area contributed by atoms with Gasteiger partial charge in [-0.2, -0.15) is 0 Å². The van der Waals surface area contributed by atoms with E-state index in [0.717, 1.165) is 13.0 Å². The molecular weight excluding hydrogens is 199 g/mol. The van der Waals surface area contributed by atoms with E-state index in [4.69, 9.17) is 23.2 Å². The van der Waals surface area contributed by atoms with Crippen molar-refractivity contribution in [2.45, 2.75) is 30.9 Å². The minimum Gasteiger partial charge on any atom is -0.290 e. The molecule has 1 fully saturated rings. The van der Waals surface area contributed by atoms with Gasteiger partial charge in [0.25, 0.3) is 0 Å². The van der Waals surface area contributed by atoms with E-state index >= 15 is 0 Å². The third kappa shape index (κ3) is 3.43. The van der Waals surface area contributed by atoms with Crippen LogP contribution in [0.4, 0.5) is 0 Å². The summed E-state index contributed by atoms with van der Waals surface area (Å²) in [6, 6.07) is 0. The van der Waals surface area contributed by atoms with Gasteiger partial charge in [-0.05, 0) is 13.0 Å². The zero-order chi connectivity index (χ0) is 8.97. The largest absolute Gasteiger partial charge is 0.290 e. The summed E-state index contributed by atoms with van der Waals surface area (Å²) < 4.78 is 0. The lowest BCUT2D eigenvalue weighted by atomic mass is 10.5. The Bertz CT molecular complexity index is 125. The third-order valence-electron chi connectivity index (χ3n) is 1.52. The Kier molecular flexibility index (Phi) is 4.56. The minimum absolute atomic E-state index is 0.0174. The average Bonchev–Trinajstić information content (AvgIpc) is 1.99. The van der Waals surface area contributed by atoms with E-state index in [1.165, 1.54) is 0 Å². The summed E-state index contributed by atoms with van der Waals surface area (Å²) in [5, 5.41) is 12.1. The maximum atomic E-state index is 5.80. The second-order valence-corrected chi connectivity index (χ2v) is 3.49. The van der Waals surface area contributed by atoms with Crippen molar-refractivity contribution >= 4 is 23.2 Å². The molecule has 4 N–H and O–H groups in total. The Balaban J connectivity index is 2.24. The first-order valence-electron chi connectivity index (χ1n) is 4.02. The molecule has 0 aromatic heterocycles. The van der Waals surface area contributed by atoms with E-state index in [-0.39, 0.29) is 17.5 Å². The third-order valence-corrected chi connectivity index (χ3v) is 2.02. The SMILES string of the molecule is CCCNC1NC(Cl)NC(Cl)N1. The maximum absolute atomic E-state index is 5.80. The molecular formula is C6H14Cl2N4. The van der Waals surface area contributed by atoms with Gasteiger partial charge in [-0.15, -0.1) is 0 Å². The van der Waals surface area contributed by atoms with Crippen molar-refractivity contribution in [3.8, 4) is 0 Å². The molecule has 0 aromatic rings. The van der Waals surface area contributed by atoms with Gasteiger partial charge < -0.3 is 0 Å². The molecule has 0 spiro atoms. The van der Waals surface area contributed by atoms with Crippen molar-refractivity contribution in [3.63, 3.8) is 0 Å². The van der Waals surface area contributed by atoms with Gasteiger partial charge in [0.2, 0.25) is 0 Å². The summed E-state index contributed by atoms with van der Waals surface area (Å²) in [5.74, 6) is 0. The normalized spacial score (nSPS) is 36.8. The fourth-order valence-electron chi connectivity index (χ4n) is 0.972. The standard InChI is InChI=1S/C6H14Cl2N4/c1-2-3-9-6-11-4(7)10-5(8)12-6/h4-6,9-12H,2-3H2,1H3. The predicted octanol–water partition coefficient (Wildman–Crippen LogP) is 0.0968. The molecule has 0 aliphatic carbocycles. The van der Waals surface area contributed by atoms with Crippen LogP contribution < -0.4 is 21.3 Å². The molecule has 1 rings (SSSR count). The first-order valence-corrected chi connectivity index (χ1v) is 4.89. The first-order chi connectivity index (χ1) is 5.72. The second-order valence-electron chi connectivity index (χ2n) is 2.61. The molecule has 72 valence electrons. The van der Waals surface area contributed by atoms with E-state index in [2.05, 4.69) is 28.2 Å². The fourth-order valence-corrected chi connectivity index (χ4v) is 1.54. The molecule has 0 bridgehead atoms. The van der Waals surface area contributed by atoms with Crippen LogP contribution in [0.1, 0.15) is 13.3 Å². The number of alkyl halides is 2. The highest BCUT2D eigenvalue weighted by molar-refractivity contribution is 6.23. The monoisotopic (exact) mass is 212 g/mol. The van der Waals surface area contributed by atoms with Gasteiger partial charge in [-0.25, -0.2) is 0 Å². The highest BCUT2D eigenvalue weighted by atomic mass is 35.5. The summed E-state index contributed by atoms with van der Waals surface area (Å²) in [5.41, 5.74) is -0.578. The van der Waals surface area contributed by atoms with E-state index in [1.807, 2.05) is 0 Å². The molecule has 1 heterocycles. The van der Waals surface area contributed by atoms with Crippen LogP contribution in [0, 0.1) is 0 Å². The highest BCUT2D eigenvalue weighted by Crippen LogP contribution is 1.99. The Morgan fingerprint density at radius 1 is 1.17 bits per heavy atom. The molecule has 0 amide bonds. The van der Waals surface area contributed by atoms with E-state index in [9.17, 15) is 0 Å². The Morgan fingerprint density at radius 2 is 1.75 bits per heavy atom. The Hall–Kier alpha value is 0.420. The van der Waals surface area contributed by atoms with Gasteiger partial charge in [0.15, 0.2) is 0 Å². The highest BCUT2D eigenvalue weighted by Gasteiger charge is 2.22. The van der Waals surface area contributed by atoms with Crippen LogP contribution in [0.3, 0.4) is 0 Å². The maximum Gasteiger partial charge on any atom is 0.139 e. The average molecular weight is 213 g/mol. The Labute approximate surface area is 82.4 Å². The van der Waals surface area contributed by atoms with Crippen LogP contribution >= 0.6 is 23.2 Å². The van der Waals surface area contributed by atoms with Crippen LogP contribution in [-0.2, 0) is 0 Å². The lowest BCUT2D eigenvalue weighted by Gasteiger charge is -2.33. The van der Waals surface area contributed by atoms with Gasteiger partial charge in [0, 0.05) is 0 Å². The molecule has 0 aromatic carbocycles. The van der Waals surface area contributed by atoms with Crippen LogP contribution in [0.25, 0.3) is 0 Å². The number of rotatable bonds is 3. The van der Waals surface area contributed by atoms with Crippen LogP contribution in [0.5, 0.6) is 0 Å². The van der Waals surface area contributed by atoms with Crippen LogP contribution in [-0.4, -0.2) is 24.1 Å². The van der Waals surface area contributed by atoms with Crippen molar-refractivity contribution in [3.05, 3.63) is 0 Å². The molecule has 2 atom stereocenters. The van der Waals surface area contributed by atoms with Crippen molar-refractivity contribution in [2.24, 2.45) is 0 Å². The van der Waals surface area contributed by atoms with Crippen molar-refractivity contribution in [2.75, 3.05) is 6.54 Å². The van der Waals surface area contributed by atoms with Crippen molar-refractivity contribution < 1.29 is 0 Å². The second kappa shape index (κ2) is 5.21. The zero-order valence-corrected chi connectivity index (χ0v) is 8.41. The summed E-state index contributed by atoms with van der Waals surface area (Å²) in [4.78, 5) is 0. The molecule has 12 heavy (non-hydrogen) atoms. The Morgan fingerprint density at radius 3 is 2.25 bits per heavy atom. The van der Waals surface area contributed by atoms with Gasteiger partial charge >= 0.3 is 0 Å². The minimum atomic E-state index is -0.289. The van der Waals surface area contributed by atoms with Crippen molar-refractivity contribution in [1.29, 1.82) is 0 Å². The molecule has 1 aliphatic heterocycles. The number of hydrogen-bond acceptors (Lipinski definition) is 4. The molecule has 4 nitrogen and oxygen atoms in total. The van der Waals surface area contributed by atoms with E-state index in [0.29, 0.717) is 0 Å². The summed E-state index contributed by atoms with van der Waals surface area (Å²) in [6.07, 6.45) is 1.06. The lowest BCUT2D eigenvalue weighted by molar-refractivity contribution is 0.252.